The highest BCUT2D eigenvalue weighted by Crippen LogP contribution is 2.08. The first kappa shape index (κ1) is 25.1. The molecule has 0 saturated carbocycles. The maximum atomic E-state index is 8.51. The van der Waals surface area contributed by atoms with E-state index in [1.54, 1.807) is 0 Å². The lowest BCUT2D eigenvalue weighted by molar-refractivity contribution is 0.278. The van der Waals surface area contributed by atoms with Gasteiger partial charge in [-0.1, -0.05) is 70.6 Å². The van der Waals surface area contributed by atoms with Crippen LogP contribution in [0, 0.1) is 0 Å². The van der Waals surface area contributed by atoms with Gasteiger partial charge in [-0.15, -0.1) is 0 Å². The van der Waals surface area contributed by atoms with Crippen LogP contribution in [0.5, 0.6) is 0 Å². The van der Waals surface area contributed by atoms with Crippen molar-refractivity contribution in [3.8, 4) is 0 Å². The van der Waals surface area contributed by atoms with Crippen molar-refractivity contribution in [3.63, 3.8) is 0 Å². The predicted octanol–water partition coefficient (Wildman–Crippen LogP) is 3.79. The molecule has 0 saturated heterocycles. The van der Waals surface area contributed by atoms with Crippen LogP contribution in [0.1, 0.15) is 96.3 Å². The lowest BCUT2D eigenvalue weighted by atomic mass is 10.1. The Balaban J connectivity index is 0. The minimum Gasteiger partial charge on any atom is -0.396 e. The van der Waals surface area contributed by atoms with Crippen molar-refractivity contribution >= 4 is 0 Å². The number of aliphatic hydroxyl groups excluding tert-OH is 4. The molecule has 0 spiro atoms. The van der Waals surface area contributed by atoms with Gasteiger partial charge in [0, 0.05) is 26.4 Å². The lowest BCUT2D eigenvalue weighted by Crippen LogP contribution is -1.85. The molecule has 4 nitrogen and oxygen atoms in total. The topological polar surface area (TPSA) is 80.9 Å². The van der Waals surface area contributed by atoms with Gasteiger partial charge < -0.3 is 20.4 Å². The van der Waals surface area contributed by atoms with Crippen LogP contribution in [-0.4, -0.2) is 46.9 Å². The van der Waals surface area contributed by atoms with E-state index < -0.39 is 0 Å². The van der Waals surface area contributed by atoms with E-state index in [0.29, 0.717) is 26.4 Å². The molecule has 0 fully saturated rings. The maximum Gasteiger partial charge on any atom is 0.0431 e. The fourth-order valence-electron chi connectivity index (χ4n) is 2.39. The molecule has 23 heavy (non-hydrogen) atoms. The molecule has 0 atom stereocenters. The van der Waals surface area contributed by atoms with Crippen LogP contribution in [0.25, 0.3) is 0 Å². The van der Waals surface area contributed by atoms with Crippen molar-refractivity contribution in [2.45, 2.75) is 96.3 Å². The van der Waals surface area contributed by atoms with Gasteiger partial charge in [-0.25, -0.2) is 0 Å². The summed E-state index contributed by atoms with van der Waals surface area (Å²) in [6.07, 6.45) is 17.2. The summed E-state index contributed by atoms with van der Waals surface area (Å²) < 4.78 is 0. The summed E-state index contributed by atoms with van der Waals surface area (Å²) in [6, 6.07) is 0. The molecule has 0 heterocycles. The molecule has 0 aromatic carbocycles. The van der Waals surface area contributed by atoms with Gasteiger partial charge in [-0.05, 0) is 25.7 Å². The zero-order valence-corrected chi connectivity index (χ0v) is 15.2. The van der Waals surface area contributed by atoms with E-state index in [4.69, 9.17) is 20.4 Å². The molecular weight excluding hydrogens is 292 g/mol. The zero-order chi connectivity index (χ0) is 17.4. The smallest absolute Gasteiger partial charge is 0.0431 e. The van der Waals surface area contributed by atoms with Crippen LogP contribution in [0.15, 0.2) is 0 Å². The van der Waals surface area contributed by atoms with Crippen LogP contribution in [-0.2, 0) is 0 Å². The van der Waals surface area contributed by atoms with Crippen LogP contribution in [0.4, 0.5) is 0 Å². The summed E-state index contributed by atoms with van der Waals surface area (Å²) in [4.78, 5) is 0. The van der Waals surface area contributed by atoms with E-state index in [1.807, 2.05) is 0 Å². The van der Waals surface area contributed by atoms with Gasteiger partial charge in [-0.2, -0.15) is 0 Å². The molecule has 4 heteroatoms. The maximum absolute atomic E-state index is 8.51. The molecule has 0 amide bonds. The molecule has 0 aliphatic rings. The summed E-state index contributed by atoms with van der Waals surface area (Å²) in [6.45, 7) is 1.34. The number of rotatable bonds is 17. The highest BCUT2D eigenvalue weighted by molar-refractivity contribution is 4.46. The van der Waals surface area contributed by atoms with Crippen molar-refractivity contribution < 1.29 is 20.4 Å². The molecule has 0 radical (unpaired) electrons. The second-order valence-corrected chi connectivity index (χ2v) is 6.20. The van der Waals surface area contributed by atoms with E-state index in [9.17, 15) is 0 Å². The van der Waals surface area contributed by atoms with E-state index in [0.717, 1.165) is 51.4 Å². The highest BCUT2D eigenvalue weighted by Gasteiger charge is 1.91. The Bertz CT molecular complexity index is 159. The molecule has 0 bridgehead atoms. The van der Waals surface area contributed by atoms with Crippen molar-refractivity contribution in [2.75, 3.05) is 26.4 Å². The van der Waals surface area contributed by atoms with Crippen molar-refractivity contribution in [2.24, 2.45) is 0 Å². The molecule has 0 aliphatic heterocycles. The van der Waals surface area contributed by atoms with Crippen molar-refractivity contribution in [3.05, 3.63) is 0 Å². The first-order chi connectivity index (χ1) is 11.3. The molecule has 0 unspecified atom stereocenters. The van der Waals surface area contributed by atoms with Crippen molar-refractivity contribution in [1.82, 2.24) is 0 Å². The molecule has 0 rings (SSSR count). The van der Waals surface area contributed by atoms with Gasteiger partial charge in [0.25, 0.3) is 0 Å². The van der Waals surface area contributed by atoms with Gasteiger partial charge in [0.05, 0.1) is 0 Å². The fourth-order valence-corrected chi connectivity index (χ4v) is 2.39. The molecule has 0 aromatic rings. The summed E-state index contributed by atoms with van der Waals surface area (Å²) in [7, 11) is 0. The Labute approximate surface area is 143 Å². The monoisotopic (exact) mass is 334 g/mol. The van der Waals surface area contributed by atoms with Crippen LogP contribution in [0.3, 0.4) is 0 Å². The largest absolute Gasteiger partial charge is 0.396 e. The van der Waals surface area contributed by atoms with Crippen LogP contribution in [0.2, 0.25) is 0 Å². The fraction of sp³-hybridized carbons (Fsp3) is 1.00. The average molecular weight is 335 g/mol. The third kappa shape index (κ3) is 30.3. The van der Waals surface area contributed by atoms with Gasteiger partial charge in [0.15, 0.2) is 0 Å². The van der Waals surface area contributed by atoms with Gasteiger partial charge >= 0.3 is 0 Å². The molecular formula is C19H42O4. The Morgan fingerprint density at radius 2 is 0.348 bits per heavy atom. The average Bonchev–Trinajstić information content (AvgIpc) is 2.57. The number of hydrogen-bond donors (Lipinski definition) is 4. The molecule has 0 aromatic heterocycles. The van der Waals surface area contributed by atoms with E-state index >= 15 is 0 Å². The number of unbranched alkanes of at least 4 members (excludes halogenated alkanes) is 13. The highest BCUT2D eigenvalue weighted by atomic mass is 16.3. The van der Waals surface area contributed by atoms with Crippen molar-refractivity contribution in [1.29, 1.82) is 0 Å². The summed E-state index contributed by atoms with van der Waals surface area (Å²) in [5.74, 6) is 0. The van der Waals surface area contributed by atoms with E-state index in [-0.39, 0.29) is 0 Å². The zero-order valence-electron chi connectivity index (χ0n) is 15.2. The Morgan fingerprint density at radius 3 is 0.478 bits per heavy atom. The SMILES string of the molecule is OCCCCCCCCCCO.OCCCCCCCCCO. The van der Waals surface area contributed by atoms with Gasteiger partial charge in [0.2, 0.25) is 0 Å². The summed E-state index contributed by atoms with van der Waals surface area (Å²) in [5.41, 5.74) is 0. The first-order valence-corrected chi connectivity index (χ1v) is 9.76. The van der Waals surface area contributed by atoms with Crippen LogP contribution < -0.4 is 0 Å². The lowest BCUT2D eigenvalue weighted by Gasteiger charge is -1.99. The molecule has 0 aliphatic carbocycles. The number of aliphatic hydroxyl groups is 4. The second-order valence-electron chi connectivity index (χ2n) is 6.20. The third-order valence-corrected chi connectivity index (χ3v) is 3.88. The Hall–Kier alpha value is -0.160. The quantitative estimate of drug-likeness (QED) is 0.305. The molecule has 4 N–H and O–H groups in total. The van der Waals surface area contributed by atoms with E-state index in [1.165, 1.54) is 44.9 Å². The summed E-state index contributed by atoms with van der Waals surface area (Å²) >= 11 is 0. The summed E-state index contributed by atoms with van der Waals surface area (Å²) in [5, 5.41) is 34.0. The minimum absolute atomic E-state index is 0.330. The Kier molecular flexibility index (Phi) is 29.1. The van der Waals surface area contributed by atoms with Gasteiger partial charge in [0.1, 0.15) is 0 Å². The number of hydrogen-bond acceptors (Lipinski definition) is 4. The van der Waals surface area contributed by atoms with Crippen LogP contribution >= 0.6 is 0 Å². The molecule has 142 valence electrons. The third-order valence-electron chi connectivity index (χ3n) is 3.88. The standard InChI is InChI=1S/C10H22O2.C9H20O2/c11-9-7-5-3-1-2-4-6-8-10-12;10-8-6-4-2-1-3-5-7-9-11/h11-12H,1-10H2;10-11H,1-9H2. The normalized spacial score (nSPS) is 10.4. The van der Waals surface area contributed by atoms with Gasteiger partial charge in [-0.3, -0.25) is 0 Å². The second kappa shape index (κ2) is 26.7. The Morgan fingerprint density at radius 1 is 0.217 bits per heavy atom. The van der Waals surface area contributed by atoms with E-state index in [2.05, 4.69) is 0 Å². The predicted molar refractivity (Wildman–Crippen MR) is 97.6 cm³/mol. The minimum atomic E-state index is 0.330. The first-order valence-electron chi connectivity index (χ1n) is 9.76.